The number of rotatable bonds is 3. The highest BCUT2D eigenvalue weighted by Gasteiger charge is 2.14. The molecule has 6 heteroatoms. The van der Waals surface area contributed by atoms with Gasteiger partial charge in [-0.05, 0) is 25.1 Å². The van der Waals surface area contributed by atoms with E-state index in [4.69, 9.17) is 5.11 Å². The second-order valence-electron chi connectivity index (χ2n) is 3.88. The van der Waals surface area contributed by atoms with Gasteiger partial charge in [0.25, 0.3) is 5.56 Å². The van der Waals surface area contributed by atoms with Crippen molar-refractivity contribution >= 4 is 21.9 Å². The molecule has 0 aliphatic carbocycles. The van der Waals surface area contributed by atoms with Crippen LogP contribution in [-0.4, -0.2) is 20.9 Å². The van der Waals surface area contributed by atoms with Gasteiger partial charge in [0.05, 0.1) is 5.69 Å². The van der Waals surface area contributed by atoms with Crippen LogP contribution in [0.15, 0.2) is 39.6 Å². The zero-order chi connectivity index (χ0) is 14.0. The first-order valence-corrected chi connectivity index (χ1v) is 6.43. The Bertz CT molecular complexity index is 695. The van der Waals surface area contributed by atoms with Gasteiger partial charge in [-0.2, -0.15) is 5.10 Å². The summed E-state index contributed by atoms with van der Waals surface area (Å²) >= 11 is 3.34. The normalized spacial score (nSPS) is 10.4. The van der Waals surface area contributed by atoms with Gasteiger partial charge in [0.1, 0.15) is 5.56 Å². The van der Waals surface area contributed by atoms with Crippen LogP contribution in [0.25, 0.3) is 11.3 Å². The second-order valence-corrected chi connectivity index (χ2v) is 4.80. The quantitative estimate of drug-likeness (QED) is 0.941. The van der Waals surface area contributed by atoms with E-state index in [0.717, 1.165) is 14.7 Å². The van der Waals surface area contributed by atoms with E-state index in [-0.39, 0.29) is 5.56 Å². The van der Waals surface area contributed by atoms with Gasteiger partial charge in [-0.25, -0.2) is 9.48 Å². The Morgan fingerprint density at radius 3 is 2.74 bits per heavy atom. The lowest BCUT2D eigenvalue weighted by Crippen LogP contribution is -2.28. The van der Waals surface area contributed by atoms with Gasteiger partial charge < -0.3 is 5.11 Å². The van der Waals surface area contributed by atoms with Crippen LogP contribution >= 0.6 is 15.9 Å². The molecule has 0 aliphatic rings. The van der Waals surface area contributed by atoms with Crippen molar-refractivity contribution < 1.29 is 9.90 Å². The average molecular weight is 323 g/mol. The van der Waals surface area contributed by atoms with Gasteiger partial charge in [0.15, 0.2) is 0 Å². The van der Waals surface area contributed by atoms with Crippen LogP contribution in [0, 0.1) is 0 Å². The van der Waals surface area contributed by atoms with E-state index in [1.54, 1.807) is 6.92 Å². The monoisotopic (exact) mass is 322 g/mol. The SMILES string of the molecule is CCn1nc(-c2cccc(Br)c2)cc(C(=O)O)c1=O. The van der Waals surface area contributed by atoms with Crippen LogP contribution in [0.3, 0.4) is 0 Å². The lowest BCUT2D eigenvalue weighted by molar-refractivity contribution is 0.0694. The zero-order valence-electron chi connectivity index (χ0n) is 10.1. The van der Waals surface area contributed by atoms with E-state index in [0.29, 0.717) is 12.2 Å². The van der Waals surface area contributed by atoms with Crippen LogP contribution in [0.1, 0.15) is 17.3 Å². The third-order valence-corrected chi connectivity index (χ3v) is 3.12. The van der Waals surface area contributed by atoms with Crippen LogP contribution < -0.4 is 5.56 Å². The number of carboxylic acid groups (broad SMARTS) is 1. The molecule has 2 aromatic rings. The molecule has 2 rings (SSSR count). The third kappa shape index (κ3) is 2.73. The molecule has 0 spiro atoms. The van der Waals surface area contributed by atoms with Gasteiger partial charge in [0, 0.05) is 16.6 Å². The molecule has 0 unspecified atom stereocenters. The van der Waals surface area contributed by atoms with E-state index in [1.165, 1.54) is 6.07 Å². The van der Waals surface area contributed by atoms with Gasteiger partial charge in [-0.1, -0.05) is 28.1 Å². The number of carbonyl (C=O) groups is 1. The van der Waals surface area contributed by atoms with E-state index < -0.39 is 11.5 Å². The number of aryl methyl sites for hydroxylation is 1. The first kappa shape index (κ1) is 13.5. The minimum absolute atomic E-state index is 0.271. The van der Waals surface area contributed by atoms with Gasteiger partial charge in [0.2, 0.25) is 0 Å². The predicted molar refractivity (Wildman–Crippen MR) is 74.3 cm³/mol. The molecule has 0 aliphatic heterocycles. The first-order chi connectivity index (χ1) is 9.02. The number of hydrogen-bond acceptors (Lipinski definition) is 3. The van der Waals surface area contributed by atoms with E-state index >= 15 is 0 Å². The summed E-state index contributed by atoms with van der Waals surface area (Å²) in [5, 5.41) is 13.2. The van der Waals surface area contributed by atoms with Crippen LogP contribution in [0.5, 0.6) is 0 Å². The van der Waals surface area contributed by atoms with E-state index in [9.17, 15) is 9.59 Å². The van der Waals surface area contributed by atoms with Crippen molar-refractivity contribution in [3.05, 3.63) is 50.7 Å². The van der Waals surface area contributed by atoms with Gasteiger partial charge >= 0.3 is 5.97 Å². The van der Waals surface area contributed by atoms with Crippen molar-refractivity contribution in [2.75, 3.05) is 0 Å². The molecule has 0 bridgehead atoms. The Labute approximate surface area is 117 Å². The fraction of sp³-hybridized carbons (Fsp3) is 0.154. The molecule has 0 saturated heterocycles. The van der Waals surface area contributed by atoms with Crippen LogP contribution in [0.4, 0.5) is 0 Å². The average Bonchev–Trinajstić information content (AvgIpc) is 2.38. The highest BCUT2D eigenvalue weighted by Crippen LogP contribution is 2.21. The lowest BCUT2D eigenvalue weighted by atomic mass is 10.1. The zero-order valence-corrected chi connectivity index (χ0v) is 11.7. The molecular formula is C13H11BrN2O3. The van der Waals surface area contributed by atoms with Crippen molar-refractivity contribution in [1.29, 1.82) is 0 Å². The largest absolute Gasteiger partial charge is 0.477 e. The Hall–Kier alpha value is -1.95. The summed E-state index contributed by atoms with van der Waals surface area (Å²) in [6.45, 7) is 2.06. The van der Waals surface area contributed by atoms with Crippen LogP contribution in [0.2, 0.25) is 0 Å². The minimum atomic E-state index is -1.24. The van der Waals surface area contributed by atoms with Gasteiger partial charge in [-0.3, -0.25) is 4.79 Å². The maximum Gasteiger partial charge on any atom is 0.341 e. The minimum Gasteiger partial charge on any atom is -0.477 e. The number of nitrogens with zero attached hydrogens (tertiary/aromatic N) is 2. The van der Waals surface area contributed by atoms with Crippen molar-refractivity contribution in [2.24, 2.45) is 0 Å². The first-order valence-electron chi connectivity index (χ1n) is 5.64. The summed E-state index contributed by atoms with van der Waals surface area (Å²) in [6, 6.07) is 8.61. The fourth-order valence-corrected chi connectivity index (χ4v) is 2.10. The second kappa shape index (κ2) is 5.36. The maximum atomic E-state index is 11.8. The number of aromatic nitrogens is 2. The molecule has 19 heavy (non-hydrogen) atoms. The molecular weight excluding hydrogens is 312 g/mol. The predicted octanol–water partition coefficient (Wildman–Crippen LogP) is 2.39. The van der Waals surface area contributed by atoms with E-state index in [1.807, 2.05) is 24.3 Å². The molecule has 0 amide bonds. The molecule has 0 saturated carbocycles. The number of carboxylic acids is 1. The molecule has 0 radical (unpaired) electrons. The standard InChI is InChI=1S/C13H11BrN2O3/c1-2-16-12(17)10(13(18)19)7-11(15-16)8-4-3-5-9(14)6-8/h3-7H,2H2,1H3,(H,18,19). The molecule has 1 N–H and O–H groups in total. The highest BCUT2D eigenvalue weighted by molar-refractivity contribution is 9.10. The van der Waals surface area contributed by atoms with Crippen molar-refractivity contribution in [1.82, 2.24) is 9.78 Å². The Morgan fingerprint density at radius 2 is 2.16 bits per heavy atom. The Morgan fingerprint density at radius 1 is 1.42 bits per heavy atom. The van der Waals surface area contributed by atoms with E-state index in [2.05, 4.69) is 21.0 Å². The smallest absolute Gasteiger partial charge is 0.341 e. The van der Waals surface area contributed by atoms with Crippen molar-refractivity contribution in [3.8, 4) is 11.3 Å². The number of aromatic carboxylic acids is 1. The Balaban J connectivity index is 2.68. The molecule has 5 nitrogen and oxygen atoms in total. The lowest BCUT2D eigenvalue weighted by Gasteiger charge is -2.07. The number of benzene rings is 1. The molecule has 0 fully saturated rings. The van der Waals surface area contributed by atoms with Gasteiger partial charge in [-0.15, -0.1) is 0 Å². The maximum absolute atomic E-state index is 11.8. The summed E-state index contributed by atoms with van der Waals surface area (Å²) in [6.07, 6.45) is 0. The topological polar surface area (TPSA) is 72.2 Å². The third-order valence-electron chi connectivity index (χ3n) is 2.62. The summed E-state index contributed by atoms with van der Waals surface area (Å²) in [4.78, 5) is 22.9. The molecule has 1 aromatic carbocycles. The summed E-state index contributed by atoms with van der Waals surface area (Å²) in [5.74, 6) is -1.24. The van der Waals surface area contributed by atoms with Crippen molar-refractivity contribution in [2.45, 2.75) is 13.5 Å². The molecule has 0 atom stereocenters. The highest BCUT2D eigenvalue weighted by atomic mass is 79.9. The van der Waals surface area contributed by atoms with Crippen LogP contribution in [-0.2, 0) is 6.54 Å². The number of halogens is 1. The molecule has 1 aromatic heterocycles. The summed E-state index contributed by atoms with van der Waals surface area (Å²) < 4.78 is 2.01. The number of hydrogen-bond donors (Lipinski definition) is 1. The summed E-state index contributed by atoms with van der Waals surface area (Å²) in [5.41, 5.74) is 0.347. The fourth-order valence-electron chi connectivity index (χ4n) is 1.70. The van der Waals surface area contributed by atoms with Crippen molar-refractivity contribution in [3.63, 3.8) is 0 Å². The molecule has 1 heterocycles. The Kier molecular flexibility index (Phi) is 3.80. The molecule has 98 valence electrons. The summed E-state index contributed by atoms with van der Waals surface area (Å²) in [7, 11) is 0.